The third-order valence-electron chi connectivity index (χ3n) is 3.63. The van der Waals surface area contributed by atoms with Crippen molar-refractivity contribution >= 4 is 11.6 Å². The standard InChI is InChI=1S/C14H19N7/c1-9-6-16-20(7-9)12(4)11(3)19-13-5-10(2)18-14-15-8-17-21(13)14/h5-8,11-12,19H,1-4H3. The maximum atomic E-state index is 4.38. The van der Waals surface area contributed by atoms with E-state index >= 15 is 0 Å². The summed E-state index contributed by atoms with van der Waals surface area (Å²) >= 11 is 0. The van der Waals surface area contributed by atoms with Gasteiger partial charge in [-0.2, -0.15) is 19.7 Å². The molecule has 0 fully saturated rings. The molecule has 3 aromatic rings. The van der Waals surface area contributed by atoms with Crippen LogP contribution in [-0.4, -0.2) is 35.4 Å². The SMILES string of the molecule is Cc1cnn(C(C)C(C)Nc2cc(C)nc3ncnn23)c1. The molecule has 0 aliphatic heterocycles. The van der Waals surface area contributed by atoms with Crippen LogP contribution in [0.1, 0.15) is 31.1 Å². The van der Waals surface area contributed by atoms with Gasteiger partial charge in [0.05, 0.1) is 12.2 Å². The molecule has 0 radical (unpaired) electrons. The van der Waals surface area contributed by atoms with Gasteiger partial charge in [-0.3, -0.25) is 4.68 Å². The fourth-order valence-corrected chi connectivity index (χ4v) is 2.27. The molecule has 7 heteroatoms. The Kier molecular flexibility index (Phi) is 3.32. The Bertz CT molecular complexity index is 758. The summed E-state index contributed by atoms with van der Waals surface area (Å²) in [5, 5.41) is 12.1. The molecule has 0 aliphatic carbocycles. The predicted molar refractivity (Wildman–Crippen MR) is 80.3 cm³/mol. The summed E-state index contributed by atoms with van der Waals surface area (Å²) in [6.45, 7) is 8.25. The number of hydrogen-bond acceptors (Lipinski definition) is 5. The lowest BCUT2D eigenvalue weighted by Crippen LogP contribution is -2.28. The Morgan fingerprint density at radius 3 is 2.71 bits per heavy atom. The topological polar surface area (TPSA) is 72.9 Å². The quantitative estimate of drug-likeness (QED) is 0.793. The monoisotopic (exact) mass is 285 g/mol. The van der Waals surface area contributed by atoms with Gasteiger partial charge in [-0.1, -0.05) is 0 Å². The average molecular weight is 285 g/mol. The molecule has 3 heterocycles. The van der Waals surface area contributed by atoms with E-state index in [0.717, 1.165) is 17.1 Å². The van der Waals surface area contributed by atoms with Crippen molar-refractivity contribution in [2.24, 2.45) is 0 Å². The van der Waals surface area contributed by atoms with E-state index in [4.69, 9.17) is 0 Å². The third kappa shape index (κ3) is 2.58. The highest BCUT2D eigenvalue weighted by Crippen LogP contribution is 2.17. The van der Waals surface area contributed by atoms with Crippen molar-refractivity contribution in [3.63, 3.8) is 0 Å². The number of rotatable bonds is 4. The number of nitrogens with one attached hydrogen (secondary N) is 1. The highest BCUT2D eigenvalue weighted by atomic mass is 15.4. The zero-order chi connectivity index (χ0) is 15.0. The fourth-order valence-electron chi connectivity index (χ4n) is 2.27. The maximum Gasteiger partial charge on any atom is 0.254 e. The molecule has 0 aromatic carbocycles. The van der Waals surface area contributed by atoms with Gasteiger partial charge < -0.3 is 5.32 Å². The molecule has 2 atom stereocenters. The molecule has 7 nitrogen and oxygen atoms in total. The van der Waals surface area contributed by atoms with E-state index in [2.05, 4.69) is 39.3 Å². The highest BCUT2D eigenvalue weighted by Gasteiger charge is 2.16. The van der Waals surface area contributed by atoms with Gasteiger partial charge in [0.15, 0.2) is 0 Å². The van der Waals surface area contributed by atoms with E-state index < -0.39 is 0 Å². The van der Waals surface area contributed by atoms with Crippen LogP contribution in [0.5, 0.6) is 0 Å². The third-order valence-corrected chi connectivity index (χ3v) is 3.63. The Balaban J connectivity index is 1.86. The molecule has 0 spiro atoms. The lowest BCUT2D eigenvalue weighted by Gasteiger charge is -2.23. The van der Waals surface area contributed by atoms with Crippen LogP contribution in [0, 0.1) is 13.8 Å². The summed E-state index contributed by atoms with van der Waals surface area (Å²) in [5.41, 5.74) is 2.07. The molecule has 0 amide bonds. The van der Waals surface area contributed by atoms with E-state index in [1.165, 1.54) is 6.33 Å². The molecular weight excluding hydrogens is 266 g/mol. The second-order valence-corrected chi connectivity index (χ2v) is 5.43. The first-order valence-corrected chi connectivity index (χ1v) is 6.99. The van der Waals surface area contributed by atoms with Crippen molar-refractivity contribution in [1.29, 1.82) is 0 Å². The van der Waals surface area contributed by atoms with Crippen LogP contribution >= 0.6 is 0 Å². The number of aryl methyl sites for hydroxylation is 2. The lowest BCUT2D eigenvalue weighted by atomic mass is 10.1. The van der Waals surface area contributed by atoms with Gasteiger partial charge in [0.1, 0.15) is 12.1 Å². The minimum Gasteiger partial charge on any atom is -0.365 e. The molecule has 0 saturated heterocycles. The van der Waals surface area contributed by atoms with Gasteiger partial charge in [-0.15, -0.1) is 0 Å². The number of fused-ring (bicyclic) bond motifs is 1. The highest BCUT2D eigenvalue weighted by molar-refractivity contribution is 5.45. The van der Waals surface area contributed by atoms with E-state index in [1.54, 1.807) is 4.52 Å². The van der Waals surface area contributed by atoms with Crippen molar-refractivity contribution in [1.82, 2.24) is 29.4 Å². The Labute approximate surface area is 123 Å². The Morgan fingerprint density at radius 2 is 2.00 bits per heavy atom. The second kappa shape index (κ2) is 5.16. The Hall–Kier alpha value is -2.44. The summed E-state index contributed by atoms with van der Waals surface area (Å²) in [7, 11) is 0. The van der Waals surface area contributed by atoms with Crippen molar-refractivity contribution in [2.75, 3.05) is 5.32 Å². The van der Waals surface area contributed by atoms with Crippen molar-refractivity contribution in [2.45, 2.75) is 39.8 Å². The van der Waals surface area contributed by atoms with Crippen LogP contribution in [0.3, 0.4) is 0 Å². The minimum absolute atomic E-state index is 0.179. The molecule has 0 aliphatic rings. The molecule has 0 saturated carbocycles. The van der Waals surface area contributed by atoms with Crippen LogP contribution in [-0.2, 0) is 0 Å². The minimum atomic E-state index is 0.179. The second-order valence-electron chi connectivity index (χ2n) is 5.43. The van der Waals surface area contributed by atoms with Crippen molar-refractivity contribution in [3.8, 4) is 0 Å². The van der Waals surface area contributed by atoms with Gasteiger partial charge in [0.25, 0.3) is 5.78 Å². The van der Waals surface area contributed by atoms with E-state index in [0.29, 0.717) is 5.78 Å². The molecule has 3 rings (SSSR count). The van der Waals surface area contributed by atoms with Gasteiger partial charge in [-0.25, -0.2) is 4.98 Å². The number of hydrogen-bond donors (Lipinski definition) is 1. The molecule has 21 heavy (non-hydrogen) atoms. The molecular formula is C14H19N7. The molecule has 3 aromatic heterocycles. The largest absolute Gasteiger partial charge is 0.365 e. The molecule has 1 N–H and O–H groups in total. The van der Waals surface area contributed by atoms with Gasteiger partial charge in [0.2, 0.25) is 0 Å². The van der Waals surface area contributed by atoms with Crippen molar-refractivity contribution in [3.05, 3.63) is 36.0 Å². The zero-order valence-electron chi connectivity index (χ0n) is 12.6. The zero-order valence-corrected chi connectivity index (χ0v) is 12.6. The number of anilines is 1. The summed E-state index contributed by atoms with van der Waals surface area (Å²) in [5.74, 6) is 1.49. The predicted octanol–water partition coefficient (Wildman–Crippen LogP) is 2.00. The van der Waals surface area contributed by atoms with Crippen LogP contribution in [0.25, 0.3) is 5.78 Å². The molecule has 110 valence electrons. The van der Waals surface area contributed by atoms with Crippen molar-refractivity contribution < 1.29 is 0 Å². The van der Waals surface area contributed by atoms with Crippen LogP contribution < -0.4 is 5.32 Å². The average Bonchev–Trinajstić information content (AvgIpc) is 3.06. The van der Waals surface area contributed by atoms with Gasteiger partial charge in [0, 0.05) is 24.0 Å². The summed E-state index contributed by atoms with van der Waals surface area (Å²) in [4.78, 5) is 8.48. The van der Waals surface area contributed by atoms with Crippen LogP contribution in [0.2, 0.25) is 0 Å². The summed E-state index contributed by atoms with van der Waals surface area (Å²) < 4.78 is 3.68. The normalized spacial score (nSPS) is 14.3. The number of aromatic nitrogens is 6. The molecule has 0 bridgehead atoms. The molecule has 2 unspecified atom stereocenters. The van der Waals surface area contributed by atoms with E-state index in [1.807, 2.05) is 37.0 Å². The first kappa shape index (κ1) is 13.5. The smallest absolute Gasteiger partial charge is 0.254 e. The summed E-state index contributed by atoms with van der Waals surface area (Å²) in [6, 6.07) is 2.36. The first-order chi connectivity index (χ1) is 10.0. The number of nitrogens with zero attached hydrogens (tertiary/aromatic N) is 6. The van der Waals surface area contributed by atoms with Gasteiger partial charge in [-0.05, 0) is 33.3 Å². The van der Waals surface area contributed by atoms with Gasteiger partial charge >= 0.3 is 0 Å². The summed E-state index contributed by atoms with van der Waals surface area (Å²) in [6.07, 6.45) is 5.43. The maximum absolute atomic E-state index is 4.38. The van der Waals surface area contributed by atoms with E-state index in [9.17, 15) is 0 Å². The Morgan fingerprint density at radius 1 is 1.19 bits per heavy atom. The van der Waals surface area contributed by atoms with E-state index in [-0.39, 0.29) is 12.1 Å². The first-order valence-electron chi connectivity index (χ1n) is 6.99. The fraction of sp³-hybridized carbons (Fsp3) is 0.429. The van der Waals surface area contributed by atoms with Crippen LogP contribution in [0.4, 0.5) is 5.82 Å². The van der Waals surface area contributed by atoms with Crippen LogP contribution in [0.15, 0.2) is 24.8 Å². The lowest BCUT2D eigenvalue weighted by molar-refractivity contribution is 0.442.